The van der Waals surface area contributed by atoms with Crippen molar-refractivity contribution in [1.29, 1.82) is 0 Å². The van der Waals surface area contributed by atoms with Crippen molar-refractivity contribution < 1.29 is 22.8 Å². The van der Waals surface area contributed by atoms with E-state index < -0.39 is 17.5 Å². The van der Waals surface area contributed by atoms with Crippen molar-refractivity contribution in [1.82, 2.24) is 10.3 Å². The fourth-order valence-electron chi connectivity index (χ4n) is 2.77. The summed E-state index contributed by atoms with van der Waals surface area (Å²) >= 11 is 0. The molecule has 0 saturated heterocycles. The number of nitrogens with zero attached hydrogens (tertiary/aromatic N) is 1. The highest BCUT2D eigenvalue weighted by Gasteiger charge is 2.13. The summed E-state index contributed by atoms with van der Waals surface area (Å²) < 4.78 is 32.1. The van der Waals surface area contributed by atoms with Gasteiger partial charge in [0.25, 0.3) is 5.91 Å². The van der Waals surface area contributed by atoms with Crippen LogP contribution in [0.1, 0.15) is 34.7 Å². The van der Waals surface area contributed by atoms with E-state index in [0.717, 1.165) is 29.2 Å². The Morgan fingerprint density at radius 1 is 1.10 bits per heavy atom. The van der Waals surface area contributed by atoms with Crippen LogP contribution in [0.2, 0.25) is 0 Å². The monoisotopic (exact) mass is 413 g/mol. The third-order valence-corrected chi connectivity index (χ3v) is 4.46. The first-order valence-corrected chi connectivity index (χ1v) is 9.41. The molecule has 1 aromatic heterocycles. The first-order valence-electron chi connectivity index (χ1n) is 9.41. The summed E-state index contributed by atoms with van der Waals surface area (Å²) in [6, 6.07) is 9.89. The average molecular weight is 413 g/mol. The molecule has 0 radical (unpaired) electrons. The van der Waals surface area contributed by atoms with E-state index in [1.807, 2.05) is 19.9 Å². The number of rotatable bonds is 7. The number of halogens is 2. The quantitative estimate of drug-likeness (QED) is 0.563. The number of benzene rings is 2. The second kappa shape index (κ2) is 9.30. The van der Waals surface area contributed by atoms with Crippen molar-refractivity contribution in [3.8, 4) is 11.5 Å². The van der Waals surface area contributed by atoms with Gasteiger partial charge in [0, 0.05) is 30.3 Å². The van der Waals surface area contributed by atoms with Gasteiger partial charge in [0.1, 0.15) is 17.4 Å². The molecule has 2 N–H and O–H groups in total. The van der Waals surface area contributed by atoms with Crippen molar-refractivity contribution in [3.05, 3.63) is 71.1 Å². The van der Waals surface area contributed by atoms with Crippen molar-refractivity contribution in [2.24, 2.45) is 0 Å². The van der Waals surface area contributed by atoms with Gasteiger partial charge in [-0.05, 0) is 50.6 Å². The van der Waals surface area contributed by atoms with Gasteiger partial charge in [-0.2, -0.15) is 0 Å². The number of hydrogen-bond donors (Lipinski definition) is 2. The summed E-state index contributed by atoms with van der Waals surface area (Å²) in [4.78, 5) is 28.4. The summed E-state index contributed by atoms with van der Waals surface area (Å²) in [6.45, 7) is 3.87. The minimum absolute atomic E-state index is 0.160. The lowest BCUT2D eigenvalue weighted by molar-refractivity contribution is -0.116. The molecule has 0 aliphatic carbocycles. The maximum absolute atomic E-state index is 13.6. The van der Waals surface area contributed by atoms with Gasteiger partial charge in [0.2, 0.25) is 11.8 Å². The van der Waals surface area contributed by atoms with Gasteiger partial charge in [-0.3, -0.25) is 9.59 Å². The number of aromatic nitrogens is 1. The molecule has 0 unspecified atom stereocenters. The molecule has 6 nitrogen and oxygen atoms in total. The Morgan fingerprint density at radius 3 is 2.60 bits per heavy atom. The maximum Gasteiger partial charge on any atom is 0.254 e. The summed E-state index contributed by atoms with van der Waals surface area (Å²) in [5, 5.41) is 5.30. The third kappa shape index (κ3) is 5.28. The summed E-state index contributed by atoms with van der Waals surface area (Å²) in [7, 11) is 0. The molecular weight excluding hydrogens is 392 g/mol. The lowest BCUT2D eigenvalue weighted by Crippen LogP contribution is -2.26. The maximum atomic E-state index is 13.6. The highest BCUT2D eigenvalue weighted by Crippen LogP contribution is 2.24. The Bertz CT molecular complexity index is 1060. The van der Waals surface area contributed by atoms with E-state index in [4.69, 9.17) is 4.42 Å². The Labute approximate surface area is 172 Å². The van der Waals surface area contributed by atoms with Crippen LogP contribution in [0.5, 0.6) is 0 Å². The van der Waals surface area contributed by atoms with Gasteiger partial charge in [-0.1, -0.05) is 6.07 Å². The number of anilines is 1. The van der Waals surface area contributed by atoms with Crippen LogP contribution in [-0.4, -0.2) is 23.3 Å². The number of amides is 2. The molecule has 3 rings (SSSR count). The first-order chi connectivity index (χ1) is 14.3. The summed E-state index contributed by atoms with van der Waals surface area (Å²) in [6.07, 6.45) is 0.520. The van der Waals surface area contributed by atoms with E-state index in [0.29, 0.717) is 24.1 Å². The van der Waals surface area contributed by atoms with Crippen LogP contribution in [0.3, 0.4) is 0 Å². The average Bonchev–Trinajstić information content (AvgIpc) is 3.04. The third-order valence-electron chi connectivity index (χ3n) is 4.46. The van der Waals surface area contributed by atoms with Crippen molar-refractivity contribution in [2.45, 2.75) is 26.7 Å². The predicted octanol–water partition coefficient (Wildman–Crippen LogP) is 4.39. The smallest absolute Gasteiger partial charge is 0.254 e. The zero-order valence-electron chi connectivity index (χ0n) is 16.6. The molecule has 0 aliphatic rings. The number of carbonyl (C=O) groups excluding carboxylic acids is 2. The lowest BCUT2D eigenvalue weighted by Gasteiger charge is -2.08. The van der Waals surface area contributed by atoms with Crippen LogP contribution in [0, 0.1) is 25.5 Å². The second-order valence-electron chi connectivity index (χ2n) is 6.77. The molecule has 0 saturated carbocycles. The van der Waals surface area contributed by atoms with Crippen LogP contribution in [-0.2, 0) is 4.79 Å². The van der Waals surface area contributed by atoms with E-state index in [1.54, 1.807) is 18.2 Å². The molecule has 0 fully saturated rings. The topological polar surface area (TPSA) is 84.2 Å². The minimum atomic E-state index is -0.929. The van der Waals surface area contributed by atoms with Crippen LogP contribution in [0.4, 0.5) is 14.5 Å². The fraction of sp³-hybridized carbons (Fsp3) is 0.227. The van der Waals surface area contributed by atoms with Crippen LogP contribution >= 0.6 is 0 Å². The van der Waals surface area contributed by atoms with Crippen LogP contribution in [0.25, 0.3) is 11.5 Å². The van der Waals surface area contributed by atoms with E-state index >= 15 is 0 Å². The highest BCUT2D eigenvalue weighted by molar-refractivity contribution is 5.94. The minimum Gasteiger partial charge on any atom is -0.441 e. The summed E-state index contributed by atoms with van der Waals surface area (Å²) in [5.41, 5.74) is 1.91. The first kappa shape index (κ1) is 21.2. The van der Waals surface area contributed by atoms with Gasteiger partial charge in [-0.25, -0.2) is 13.8 Å². The van der Waals surface area contributed by atoms with E-state index in [-0.39, 0.29) is 24.4 Å². The number of aryl methyl sites for hydroxylation is 2. The Balaban J connectivity index is 1.48. The van der Waals surface area contributed by atoms with Crippen LogP contribution in [0.15, 0.2) is 46.9 Å². The Kier molecular flexibility index (Phi) is 6.56. The lowest BCUT2D eigenvalue weighted by atomic mass is 10.2. The standard InChI is InChI=1S/C22H21F2N3O3/c1-13-14(2)30-22(26-13)15-5-3-6-17(11-15)27-20(28)7-4-10-25-21(29)18-9-8-16(23)12-19(18)24/h3,5-6,8-9,11-12H,4,7,10H2,1-2H3,(H,25,29)(H,27,28). The van der Waals surface area contributed by atoms with E-state index in [1.165, 1.54) is 0 Å². The molecule has 0 spiro atoms. The largest absolute Gasteiger partial charge is 0.441 e. The molecule has 3 aromatic rings. The molecule has 0 bridgehead atoms. The predicted molar refractivity (Wildman–Crippen MR) is 108 cm³/mol. The highest BCUT2D eigenvalue weighted by atomic mass is 19.1. The Morgan fingerprint density at radius 2 is 1.90 bits per heavy atom. The van der Waals surface area contributed by atoms with Crippen molar-refractivity contribution in [3.63, 3.8) is 0 Å². The van der Waals surface area contributed by atoms with Gasteiger partial charge in [-0.15, -0.1) is 0 Å². The number of hydrogen-bond acceptors (Lipinski definition) is 4. The normalized spacial score (nSPS) is 10.7. The van der Waals surface area contributed by atoms with Gasteiger partial charge < -0.3 is 15.1 Å². The molecule has 30 heavy (non-hydrogen) atoms. The van der Waals surface area contributed by atoms with Gasteiger partial charge in [0.05, 0.1) is 11.3 Å². The zero-order valence-corrected chi connectivity index (χ0v) is 16.6. The molecule has 2 amide bonds. The molecule has 0 aliphatic heterocycles. The zero-order chi connectivity index (χ0) is 21.7. The van der Waals surface area contributed by atoms with Crippen LogP contribution < -0.4 is 10.6 Å². The van der Waals surface area contributed by atoms with Crippen molar-refractivity contribution in [2.75, 3.05) is 11.9 Å². The second-order valence-corrected chi connectivity index (χ2v) is 6.77. The number of oxazole rings is 1. The van der Waals surface area contributed by atoms with Gasteiger partial charge in [0.15, 0.2) is 0 Å². The fourth-order valence-corrected chi connectivity index (χ4v) is 2.77. The Hall–Kier alpha value is -3.55. The molecule has 8 heteroatoms. The molecule has 1 heterocycles. The van der Waals surface area contributed by atoms with Gasteiger partial charge >= 0.3 is 0 Å². The molecule has 156 valence electrons. The SMILES string of the molecule is Cc1nc(-c2cccc(NC(=O)CCCNC(=O)c3ccc(F)cc3F)c2)oc1C. The molecular formula is C22H21F2N3O3. The molecule has 0 atom stereocenters. The van der Waals surface area contributed by atoms with Crippen molar-refractivity contribution >= 4 is 17.5 Å². The van der Waals surface area contributed by atoms with E-state index in [9.17, 15) is 18.4 Å². The number of nitrogens with one attached hydrogen (secondary N) is 2. The molecule has 2 aromatic carbocycles. The van der Waals surface area contributed by atoms with E-state index in [2.05, 4.69) is 15.6 Å². The number of carbonyl (C=O) groups is 2. The summed E-state index contributed by atoms with van der Waals surface area (Å²) in [5.74, 6) is -1.34.